The van der Waals surface area contributed by atoms with Crippen LogP contribution in [-0.2, 0) is 6.54 Å². The highest BCUT2D eigenvalue weighted by Gasteiger charge is 2.14. The molecule has 0 unspecified atom stereocenters. The summed E-state index contributed by atoms with van der Waals surface area (Å²) in [6.07, 6.45) is 10.9. The predicted octanol–water partition coefficient (Wildman–Crippen LogP) is 1.77. The van der Waals surface area contributed by atoms with E-state index < -0.39 is 0 Å². The van der Waals surface area contributed by atoms with Gasteiger partial charge < -0.3 is 10.2 Å². The molecule has 0 spiro atoms. The van der Waals surface area contributed by atoms with Gasteiger partial charge in [-0.25, -0.2) is 4.68 Å². The molecule has 2 heterocycles. The summed E-state index contributed by atoms with van der Waals surface area (Å²) >= 11 is 0. The van der Waals surface area contributed by atoms with Gasteiger partial charge >= 0.3 is 0 Å². The summed E-state index contributed by atoms with van der Waals surface area (Å²) in [5, 5.41) is 7.88. The summed E-state index contributed by atoms with van der Waals surface area (Å²) in [5.74, 6) is 0. The lowest BCUT2D eigenvalue weighted by molar-refractivity contribution is 0.363. The summed E-state index contributed by atoms with van der Waals surface area (Å²) in [6.45, 7) is 3.60. The van der Waals surface area contributed by atoms with Crippen LogP contribution in [0.5, 0.6) is 0 Å². The van der Waals surface area contributed by atoms with Gasteiger partial charge in [0, 0.05) is 31.7 Å². The molecule has 1 aliphatic carbocycles. The second-order valence-corrected chi connectivity index (χ2v) is 6.26. The standard InChI is InChI=1S/C16H26N4O/c21-16-12-15(19-9-4-5-10-19)13-18-20(16)11-8-17-14-6-2-1-3-7-14/h12-14,17H,1-11H2. The fourth-order valence-corrected chi connectivity index (χ4v) is 3.42. The van der Waals surface area contributed by atoms with Crippen molar-refractivity contribution in [1.29, 1.82) is 0 Å². The van der Waals surface area contributed by atoms with Crippen LogP contribution in [-0.4, -0.2) is 35.5 Å². The quantitative estimate of drug-likeness (QED) is 0.898. The Hall–Kier alpha value is -1.36. The van der Waals surface area contributed by atoms with Gasteiger partial charge in [-0.1, -0.05) is 19.3 Å². The Labute approximate surface area is 126 Å². The molecule has 116 valence electrons. The third kappa shape index (κ3) is 3.84. The molecular weight excluding hydrogens is 264 g/mol. The summed E-state index contributed by atoms with van der Waals surface area (Å²) < 4.78 is 1.58. The van der Waals surface area contributed by atoms with Crippen molar-refractivity contribution in [3.05, 3.63) is 22.6 Å². The molecule has 0 amide bonds. The summed E-state index contributed by atoms with van der Waals surface area (Å²) in [5.41, 5.74) is 0.999. The van der Waals surface area contributed by atoms with E-state index in [1.165, 1.54) is 44.9 Å². The largest absolute Gasteiger partial charge is 0.370 e. The average Bonchev–Trinajstić information content (AvgIpc) is 3.04. The Bertz CT molecular complexity index is 501. The predicted molar refractivity (Wildman–Crippen MR) is 84.8 cm³/mol. The van der Waals surface area contributed by atoms with Crippen LogP contribution in [0.3, 0.4) is 0 Å². The Morgan fingerprint density at radius 2 is 1.90 bits per heavy atom. The van der Waals surface area contributed by atoms with E-state index >= 15 is 0 Å². The molecule has 1 aromatic heterocycles. The third-order valence-electron chi connectivity index (χ3n) is 4.69. The van der Waals surface area contributed by atoms with Gasteiger partial charge in [-0.2, -0.15) is 5.10 Å². The van der Waals surface area contributed by atoms with Gasteiger partial charge in [-0.05, 0) is 25.7 Å². The molecule has 0 bridgehead atoms. The molecule has 5 nitrogen and oxygen atoms in total. The first-order valence-electron chi connectivity index (χ1n) is 8.38. The molecule has 0 radical (unpaired) electrons. The van der Waals surface area contributed by atoms with E-state index in [0.717, 1.165) is 25.3 Å². The second-order valence-electron chi connectivity index (χ2n) is 6.26. The van der Waals surface area contributed by atoms with E-state index in [0.29, 0.717) is 12.6 Å². The van der Waals surface area contributed by atoms with Gasteiger partial charge in [0.05, 0.1) is 18.4 Å². The maximum absolute atomic E-state index is 12.1. The van der Waals surface area contributed by atoms with Crippen LogP contribution in [0.15, 0.2) is 17.1 Å². The van der Waals surface area contributed by atoms with Gasteiger partial charge in [0.2, 0.25) is 0 Å². The minimum Gasteiger partial charge on any atom is -0.370 e. The van der Waals surface area contributed by atoms with Crippen molar-refractivity contribution in [2.45, 2.75) is 57.5 Å². The van der Waals surface area contributed by atoms with Crippen molar-refractivity contribution in [3.63, 3.8) is 0 Å². The van der Waals surface area contributed by atoms with Crippen LogP contribution in [0.25, 0.3) is 0 Å². The maximum atomic E-state index is 12.1. The molecule has 1 N–H and O–H groups in total. The zero-order valence-corrected chi connectivity index (χ0v) is 12.8. The van der Waals surface area contributed by atoms with Crippen LogP contribution in [0.1, 0.15) is 44.9 Å². The minimum atomic E-state index is 0.0184. The van der Waals surface area contributed by atoms with E-state index in [-0.39, 0.29) is 5.56 Å². The van der Waals surface area contributed by atoms with Crippen molar-refractivity contribution in [2.24, 2.45) is 0 Å². The first-order chi connectivity index (χ1) is 10.3. The maximum Gasteiger partial charge on any atom is 0.268 e. The molecule has 1 saturated heterocycles. The fourth-order valence-electron chi connectivity index (χ4n) is 3.42. The van der Waals surface area contributed by atoms with Crippen molar-refractivity contribution >= 4 is 5.69 Å². The molecule has 21 heavy (non-hydrogen) atoms. The number of nitrogens with zero attached hydrogens (tertiary/aromatic N) is 3. The van der Waals surface area contributed by atoms with Crippen LogP contribution in [0.2, 0.25) is 0 Å². The van der Waals surface area contributed by atoms with Gasteiger partial charge in [-0.3, -0.25) is 4.79 Å². The molecule has 0 atom stereocenters. The van der Waals surface area contributed by atoms with Crippen LogP contribution < -0.4 is 15.8 Å². The number of anilines is 1. The molecule has 1 saturated carbocycles. The van der Waals surface area contributed by atoms with E-state index in [1.54, 1.807) is 10.7 Å². The van der Waals surface area contributed by atoms with Crippen molar-refractivity contribution in [2.75, 3.05) is 24.5 Å². The lowest BCUT2D eigenvalue weighted by Gasteiger charge is -2.23. The van der Waals surface area contributed by atoms with Gasteiger partial charge in [-0.15, -0.1) is 0 Å². The Morgan fingerprint density at radius 3 is 2.62 bits per heavy atom. The Kier molecular flexibility index (Phi) is 4.91. The van der Waals surface area contributed by atoms with Crippen molar-refractivity contribution < 1.29 is 0 Å². The monoisotopic (exact) mass is 290 g/mol. The summed E-state index contributed by atoms with van der Waals surface area (Å²) in [6, 6.07) is 2.37. The molecular formula is C16H26N4O. The Morgan fingerprint density at radius 1 is 1.14 bits per heavy atom. The van der Waals surface area contributed by atoms with Crippen molar-refractivity contribution in [1.82, 2.24) is 15.1 Å². The highest BCUT2D eigenvalue weighted by atomic mass is 16.1. The van der Waals surface area contributed by atoms with E-state index in [4.69, 9.17) is 0 Å². The van der Waals surface area contributed by atoms with Crippen LogP contribution in [0, 0.1) is 0 Å². The van der Waals surface area contributed by atoms with Gasteiger partial charge in [0.1, 0.15) is 0 Å². The number of hydrogen-bond donors (Lipinski definition) is 1. The molecule has 1 aliphatic heterocycles. The molecule has 5 heteroatoms. The third-order valence-corrected chi connectivity index (χ3v) is 4.69. The van der Waals surface area contributed by atoms with Crippen molar-refractivity contribution in [3.8, 4) is 0 Å². The lowest BCUT2D eigenvalue weighted by atomic mass is 9.95. The normalized spacial score (nSPS) is 20.1. The highest BCUT2D eigenvalue weighted by molar-refractivity contribution is 5.43. The average molecular weight is 290 g/mol. The minimum absolute atomic E-state index is 0.0184. The molecule has 0 aromatic carbocycles. The lowest BCUT2D eigenvalue weighted by Crippen LogP contribution is -2.36. The van der Waals surface area contributed by atoms with Gasteiger partial charge in [0.25, 0.3) is 5.56 Å². The topological polar surface area (TPSA) is 50.2 Å². The van der Waals surface area contributed by atoms with E-state index in [1.807, 2.05) is 6.20 Å². The first-order valence-corrected chi connectivity index (χ1v) is 8.38. The van der Waals surface area contributed by atoms with Crippen LogP contribution in [0.4, 0.5) is 5.69 Å². The number of rotatable bonds is 5. The molecule has 3 rings (SSSR count). The van der Waals surface area contributed by atoms with E-state index in [9.17, 15) is 4.79 Å². The Balaban J connectivity index is 1.52. The molecule has 2 aliphatic rings. The zero-order chi connectivity index (χ0) is 14.5. The smallest absolute Gasteiger partial charge is 0.268 e. The fraction of sp³-hybridized carbons (Fsp3) is 0.750. The SMILES string of the molecule is O=c1cc(N2CCCC2)cnn1CCNC1CCCCC1. The first kappa shape index (κ1) is 14.6. The summed E-state index contributed by atoms with van der Waals surface area (Å²) in [4.78, 5) is 14.4. The molecule has 1 aromatic rings. The summed E-state index contributed by atoms with van der Waals surface area (Å²) in [7, 11) is 0. The van der Waals surface area contributed by atoms with Gasteiger partial charge in [0.15, 0.2) is 0 Å². The van der Waals surface area contributed by atoms with Crippen LogP contribution >= 0.6 is 0 Å². The number of hydrogen-bond acceptors (Lipinski definition) is 4. The zero-order valence-electron chi connectivity index (χ0n) is 12.8. The van der Waals surface area contributed by atoms with E-state index in [2.05, 4.69) is 15.3 Å². The second kappa shape index (κ2) is 7.07. The number of nitrogens with one attached hydrogen (secondary N) is 1. The highest BCUT2D eigenvalue weighted by Crippen LogP contribution is 2.17. The number of aromatic nitrogens is 2. The molecule has 2 fully saturated rings.